The third-order valence-corrected chi connectivity index (χ3v) is 2.94. The summed E-state index contributed by atoms with van der Waals surface area (Å²) in [5, 5.41) is 3.27. The Bertz CT molecular complexity index is 401. The second-order valence-corrected chi connectivity index (χ2v) is 4.46. The van der Waals surface area contributed by atoms with Crippen LogP contribution in [-0.2, 0) is 0 Å². The monoisotopic (exact) mass is 248 g/mol. The molecule has 0 aromatic heterocycles. The predicted molar refractivity (Wildman–Crippen MR) is 77.2 cm³/mol. The number of rotatable bonds is 6. The van der Waals surface area contributed by atoms with Crippen LogP contribution in [-0.4, -0.2) is 30.4 Å². The molecular formula is C15H24N2O. The Balaban J connectivity index is 3.03. The van der Waals surface area contributed by atoms with Crippen molar-refractivity contribution in [3.8, 4) is 0 Å². The van der Waals surface area contributed by atoms with Crippen molar-refractivity contribution in [3.63, 3.8) is 0 Å². The van der Waals surface area contributed by atoms with Gasteiger partial charge in [-0.1, -0.05) is 13.0 Å². The molecule has 3 nitrogen and oxygen atoms in total. The second-order valence-electron chi connectivity index (χ2n) is 4.46. The minimum atomic E-state index is 0.121. The molecule has 0 saturated heterocycles. The molecule has 1 aromatic rings. The van der Waals surface area contributed by atoms with Crippen molar-refractivity contribution in [1.29, 1.82) is 0 Å². The van der Waals surface area contributed by atoms with Crippen LogP contribution in [0, 0.1) is 6.92 Å². The van der Waals surface area contributed by atoms with E-state index in [1.54, 1.807) is 0 Å². The van der Waals surface area contributed by atoms with E-state index in [4.69, 9.17) is 0 Å². The van der Waals surface area contributed by atoms with Crippen LogP contribution in [0.2, 0.25) is 0 Å². The van der Waals surface area contributed by atoms with Crippen LogP contribution in [0.1, 0.15) is 43.1 Å². The molecule has 0 spiro atoms. The highest BCUT2D eigenvalue weighted by atomic mass is 16.2. The van der Waals surface area contributed by atoms with E-state index in [9.17, 15) is 4.79 Å². The van der Waals surface area contributed by atoms with E-state index in [-0.39, 0.29) is 5.91 Å². The third kappa shape index (κ3) is 3.49. The number of aryl methyl sites for hydroxylation is 1. The summed E-state index contributed by atoms with van der Waals surface area (Å²) < 4.78 is 0. The van der Waals surface area contributed by atoms with Gasteiger partial charge in [-0.25, -0.2) is 0 Å². The van der Waals surface area contributed by atoms with Crippen molar-refractivity contribution in [2.24, 2.45) is 0 Å². The molecule has 1 N–H and O–H groups in total. The first kappa shape index (κ1) is 14.6. The highest BCUT2D eigenvalue weighted by Gasteiger charge is 2.16. The van der Waals surface area contributed by atoms with Crippen LogP contribution in [0.3, 0.4) is 0 Å². The molecule has 0 bridgehead atoms. The Kier molecular flexibility index (Phi) is 5.69. The Morgan fingerprint density at radius 1 is 1.28 bits per heavy atom. The summed E-state index contributed by atoms with van der Waals surface area (Å²) in [6.45, 7) is 10.6. The lowest BCUT2D eigenvalue weighted by atomic mass is 10.1. The van der Waals surface area contributed by atoms with E-state index in [0.717, 1.165) is 37.3 Å². The lowest BCUT2D eigenvalue weighted by molar-refractivity contribution is 0.0765. The van der Waals surface area contributed by atoms with Crippen LogP contribution in [0.15, 0.2) is 18.2 Å². The first-order valence-corrected chi connectivity index (χ1v) is 6.77. The highest BCUT2D eigenvalue weighted by Crippen LogP contribution is 2.19. The first-order chi connectivity index (χ1) is 8.63. The summed E-state index contributed by atoms with van der Waals surface area (Å²) >= 11 is 0. The lowest BCUT2D eigenvalue weighted by Gasteiger charge is -2.22. The van der Waals surface area contributed by atoms with Crippen LogP contribution in [0.4, 0.5) is 5.69 Å². The molecule has 1 rings (SSSR count). The molecule has 0 heterocycles. The van der Waals surface area contributed by atoms with Gasteiger partial charge in [0.25, 0.3) is 5.91 Å². The molecule has 0 unspecified atom stereocenters. The van der Waals surface area contributed by atoms with Crippen molar-refractivity contribution in [2.75, 3.05) is 25.0 Å². The van der Waals surface area contributed by atoms with Crippen molar-refractivity contribution in [2.45, 2.75) is 34.1 Å². The number of hydrogen-bond donors (Lipinski definition) is 1. The molecule has 0 aliphatic carbocycles. The Hall–Kier alpha value is -1.51. The summed E-state index contributed by atoms with van der Waals surface area (Å²) in [6, 6.07) is 5.96. The van der Waals surface area contributed by atoms with Crippen molar-refractivity contribution >= 4 is 11.6 Å². The van der Waals surface area contributed by atoms with Gasteiger partial charge in [0.2, 0.25) is 0 Å². The van der Waals surface area contributed by atoms with Gasteiger partial charge in [0.15, 0.2) is 0 Å². The molecule has 1 amide bonds. The molecule has 3 heteroatoms. The SMILES string of the molecule is CCCN(CC)C(=O)c1ccc(C)cc1NCC. The molecule has 0 aliphatic rings. The van der Waals surface area contributed by atoms with Crippen molar-refractivity contribution < 1.29 is 4.79 Å². The smallest absolute Gasteiger partial charge is 0.255 e. The Morgan fingerprint density at radius 3 is 2.56 bits per heavy atom. The average Bonchev–Trinajstić information content (AvgIpc) is 2.36. The Labute approximate surface area is 110 Å². The van der Waals surface area contributed by atoms with Crippen molar-refractivity contribution in [3.05, 3.63) is 29.3 Å². The number of anilines is 1. The average molecular weight is 248 g/mol. The van der Waals surface area contributed by atoms with E-state index >= 15 is 0 Å². The van der Waals surface area contributed by atoms with Gasteiger partial charge < -0.3 is 10.2 Å². The predicted octanol–water partition coefficient (Wildman–Crippen LogP) is 3.30. The molecule has 0 saturated carbocycles. The van der Waals surface area contributed by atoms with E-state index in [1.807, 2.05) is 43.9 Å². The number of carbonyl (C=O) groups excluding carboxylic acids is 1. The molecule has 0 fully saturated rings. The van der Waals surface area contributed by atoms with Crippen LogP contribution in [0.25, 0.3) is 0 Å². The third-order valence-electron chi connectivity index (χ3n) is 2.94. The van der Waals surface area contributed by atoms with E-state index in [1.165, 1.54) is 5.56 Å². The highest BCUT2D eigenvalue weighted by molar-refractivity contribution is 5.99. The molecule has 18 heavy (non-hydrogen) atoms. The van der Waals surface area contributed by atoms with Gasteiger partial charge in [0.1, 0.15) is 0 Å². The normalized spacial score (nSPS) is 10.2. The maximum atomic E-state index is 12.5. The molecule has 0 radical (unpaired) electrons. The zero-order valence-electron chi connectivity index (χ0n) is 11.9. The molecule has 100 valence electrons. The van der Waals surface area contributed by atoms with Gasteiger partial charge in [0, 0.05) is 25.3 Å². The van der Waals surface area contributed by atoms with Crippen LogP contribution >= 0.6 is 0 Å². The molecule has 0 aliphatic heterocycles. The fourth-order valence-electron chi connectivity index (χ4n) is 2.02. The maximum absolute atomic E-state index is 12.5. The second kappa shape index (κ2) is 7.04. The van der Waals surface area contributed by atoms with E-state index in [0.29, 0.717) is 0 Å². The van der Waals surface area contributed by atoms with Gasteiger partial charge in [-0.15, -0.1) is 0 Å². The van der Waals surface area contributed by atoms with Gasteiger partial charge >= 0.3 is 0 Å². The first-order valence-electron chi connectivity index (χ1n) is 6.77. The summed E-state index contributed by atoms with van der Waals surface area (Å²) in [5.41, 5.74) is 2.89. The fourth-order valence-corrected chi connectivity index (χ4v) is 2.02. The molecular weight excluding hydrogens is 224 g/mol. The van der Waals surface area contributed by atoms with Gasteiger partial charge in [-0.05, 0) is 44.9 Å². The van der Waals surface area contributed by atoms with Crippen molar-refractivity contribution in [1.82, 2.24) is 4.90 Å². The maximum Gasteiger partial charge on any atom is 0.255 e. The largest absolute Gasteiger partial charge is 0.385 e. The minimum absolute atomic E-state index is 0.121. The lowest BCUT2D eigenvalue weighted by Crippen LogP contribution is -2.32. The number of carbonyl (C=O) groups is 1. The number of hydrogen-bond acceptors (Lipinski definition) is 2. The topological polar surface area (TPSA) is 32.3 Å². The Morgan fingerprint density at radius 2 is 2.00 bits per heavy atom. The number of nitrogens with zero attached hydrogens (tertiary/aromatic N) is 1. The number of amides is 1. The molecule has 1 aromatic carbocycles. The number of nitrogens with one attached hydrogen (secondary N) is 1. The van der Waals surface area contributed by atoms with Gasteiger partial charge in [0.05, 0.1) is 5.56 Å². The standard InChI is InChI=1S/C15H24N2O/c1-5-10-17(7-3)15(18)13-9-8-12(4)11-14(13)16-6-2/h8-9,11,16H,5-7,10H2,1-4H3. The zero-order chi connectivity index (χ0) is 13.5. The van der Waals surface area contributed by atoms with Crippen LogP contribution < -0.4 is 5.32 Å². The zero-order valence-corrected chi connectivity index (χ0v) is 11.9. The summed E-state index contributed by atoms with van der Waals surface area (Å²) in [5.74, 6) is 0.121. The summed E-state index contributed by atoms with van der Waals surface area (Å²) in [4.78, 5) is 14.4. The van der Waals surface area contributed by atoms with Crippen LogP contribution in [0.5, 0.6) is 0 Å². The summed E-state index contributed by atoms with van der Waals surface area (Å²) in [7, 11) is 0. The number of benzene rings is 1. The quantitative estimate of drug-likeness (QED) is 0.837. The van der Waals surface area contributed by atoms with Gasteiger partial charge in [-0.2, -0.15) is 0 Å². The summed E-state index contributed by atoms with van der Waals surface area (Å²) in [6.07, 6.45) is 0.988. The fraction of sp³-hybridized carbons (Fsp3) is 0.533. The molecule has 0 atom stereocenters. The van der Waals surface area contributed by atoms with E-state index in [2.05, 4.69) is 12.2 Å². The van der Waals surface area contributed by atoms with E-state index < -0.39 is 0 Å². The minimum Gasteiger partial charge on any atom is -0.385 e. The van der Waals surface area contributed by atoms with Gasteiger partial charge in [-0.3, -0.25) is 4.79 Å².